The molecule has 0 aliphatic carbocycles. The third kappa shape index (κ3) is 10.3. The molecule has 0 aromatic carbocycles. The fourth-order valence-electron chi connectivity index (χ4n) is 0.0500. The normalized spacial score (nSPS) is 9.20. The number of aliphatic hydroxyl groups excluding tert-OH is 2. The number of rotatable bonds is 2. The van der Waals surface area contributed by atoms with Gasteiger partial charge in [-0.15, -0.1) is 0 Å². The number of hydrogen-bond acceptors (Lipinski definition) is 4. The van der Waals surface area contributed by atoms with E-state index in [0.717, 1.165) is 6.08 Å². The summed E-state index contributed by atoms with van der Waals surface area (Å²) in [6, 6.07) is 0. The van der Waals surface area contributed by atoms with Crippen molar-refractivity contribution in [2.45, 2.75) is 13.8 Å². The highest BCUT2D eigenvalue weighted by atomic mass is 16.3. The number of nitrogens with one attached hydrogen (secondary N) is 1. The monoisotopic (exact) mass is 147 g/mol. The van der Waals surface area contributed by atoms with Crippen molar-refractivity contribution in [2.24, 2.45) is 5.41 Å². The summed E-state index contributed by atoms with van der Waals surface area (Å²) in [7, 11) is 0. The maximum atomic E-state index is 8.43. The third-order valence-corrected chi connectivity index (χ3v) is 0.856. The quantitative estimate of drug-likeness (QED) is 0.377. The van der Waals surface area contributed by atoms with Crippen LogP contribution in [0.4, 0.5) is 0 Å². The molecule has 0 fully saturated rings. The molecular formula is C6H13NO3. The van der Waals surface area contributed by atoms with Crippen molar-refractivity contribution in [1.82, 2.24) is 0 Å². The van der Waals surface area contributed by atoms with E-state index in [0.29, 0.717) is 0 Å². The molecule has 3 N–H and O–H groups in total. The molecule has 0 aromatic rings. The van der Waals surface area contributed by atoms with Crippen molar-refractivity contribution in [3.05, 3.63) is 0 Å². The van der Waals surface area contributed by atoms with Gasteiger partial charge in [0, 0.05) is 5.41 Å². The average Bonchev–Trinajstić information content (AvgIpc) is 1.90. The summed E-state index contributed by atoms with van der Waals surface area (Å²) >= 11 is 0. The molecule has 4 heteroatoms. The third-order valence-electron chi connectivity index (χ3n) is 0.856. The van der Waals surface area contributed by atoms with Crippen molar-refractivity contribution in [2.75, 3.05) is 13.2 Å². The minimum Gasteiger partial charge on any atom is -0.396 e. The zero-order chi connectivity index (χ0) is 8.62. The van der Waals surface area contributed by atoms with Crippen molar-refractivity contribution in [3.8, 4) is 0 Å². The van der Waals surface area contributed by atoms with Crippen LogP contribution in [0.3, 0.4) is 0 Å². The van der Waals surface area contributed by atoms with Gasteiger partial charge in [-0.1, -0.05) is 13.8 Å². The van der Waals surface area contributed by atoms with E-state index >= 15 is 0 Å². The Morgan fingerprint density at radius 3 is 1.60 bits per heavy atom. The van der Waals surface area contributed by atoms with Crippen LogP contribution < -0.4 is 0 Å². The van der Waals surface area contributed by atoms with Crippen molar-refractivity contribution < 1.29 is 15.0 Å². The van der Waals surface area contributed by atoms with Gasteiger partial charge >= 0.3 is 0 Å². The predicted octanol–water partition coefficient (Wildman–Crippen LogP) is -0.102. The number of aliphatic hydroxyl groups is 2. The Morgan fingerprint density at radius 2 is 1.60 bits per heavy atom. The minimum absolute atomic E-state index is 0.0451. The van der Waals surface area contributed by atoms with Crippen LogP contribution in [-0.2, 0) is 4.79 Å². The van der Waals surface area contributed by atoms with E-state index < -0.39 is 0 Å². The predicted molar refractivity (Wildman–Crippen MR) is 36.4 cm³/mol. The van der Waals surface area contributed by atoms with Gasteiger partial charge in [0.05, 0.1) is 13.2 Å². The van der Waals surface area contributed by atoms with Crippen LogP contribution in [0.25, 0.3) is 0 Å². The highest BCUT2D eigenvalue weighted by Gasteiger charge is 2.13. The van der Waals surface area contributed by atoms with Crippen LogP contribution in [0, 0.1) is 10.8 Å². The largest absolute Gasteiger partial charge is 0.396 e. The molecule has 0 unspecified atom stereocenters. The van der Waals surface area contributed by atoms with Crippen molar-refractivity contribution in [1.29, 1.82) is 5.41 Å². The second kappa shape index (κ2) is 6.42. The molecule has 0 rings (SSSR count). The van der Waals surface area contributed by atoms with Crippen LogP contribution in [-0.4, -0.2) is 29.5 Å². The molecule has 60 valence electrons. The standard InChI is InChI=1S/C5H12O2.CHNO/c1-5(2,3-6)4-7;2-1-3/h6-7H,3-4H2,1-2H3;2H. The van der Waals surface area contributed by atoms with Crippen molar-refractivity contribution >= 4 is 6.08 Å². The van der Waals surface area contributed by atoms with Gasteiger partial charge in [0.15, 0.2) is 0 Å². The summed E-state index contributed by atoms with van der Waals surface area (Å²) in [6.45, 7) is 3.69. The van der Waals surface area contributed by atoms with Gasteiger partial charge in [-0.05, 0) is 0 Å². The van der Waals surface area contributed by atoms with E-state index in [1.165, 1.54) is 0 Å². The lowest BCUT2D eigenvalue weighted by molar-refractivity contribution is 0.0857. The summed E-state index contributed by atoms with van der Waals surface area (Å²) in [5.74, 6) is 0. The SMILES string of the molecule is CC(C)(CO)CO.N=C=O. The number of isocyanates is 1. The van der Waals surface area contributed by atoms with Gasteiger partial charge in [0.2, 0.25) is 6.08 Å². The van der Waals surface area contributed by atoms with E-state index in [1.54, 1.807) is 13.8 Å². The molecule has 0 saturated carbocycles. The molecule has 0 bridgehead atoms. The smallest absolute Gasteiger partial charge is 0.231 e. The fourth-order valence-corrected chi connectivity index (χ4v) is 0.0500. The van der Waals surface area contributed by atoms with Gasteiger partial charge in [0.1, 0.15) is 0 Å². The van der Waals surface area contributed by atoms with Crippen LogP contribution in [0.15, 0.2) is 0 Å². The molecule has 4 nitrogen and oxygen atoms in total. The van der Waals surface area contributed by atoms with E-state index in [9.17, 15) is 0 Å². The molecule has 0 heterocycles. The summed E-state index contributed by atoms with van der Waals surface area (Å²) in [6.07, 6.45) is 0.750. The van der Waals surface area contributed by atoms with E-state index in [2.05, 4.69) is 0 Å². The second-order valence-corrected chi connectivity index (χ2v) is 2.58. The molecular weight excluding hydrogens is 134 g/mol. The summed E-state index contributed by atoms with van der Waals surface area (Å²) < 4.78 is 0. The lowest BCUT2D eigenvalue weighted by atomic mass is 9.97. The first-order valence-corrected chi connectivity index (χ1v) is 2.79. The first-order chi connectivity index (χ1) is 4.54. The maximum absolute atomic E-state index is 8.43. The van der Waals surface area contributed by atoms with Crippen LogP contribution >= 0.6 is 0 Å². The highest BCUT2D eigenvalue weighted by Crippen LogP contribution is 2.10. The van der Waals surface area contributed by atoms with E-state index in [1.807, 2.05) is 0 Å². The van der Waals surface area contributed by atoms with Gasteiger partial charge in [-0.2, -0.15) is 0 Å². The first kappa shape index (κ1) is 12.0. The zero-order valence-corrected chi connectivity index (χ0v) is 6.22. The van der Waals surface area contributed by atoms with E-state index in [-0.39, 0.29) is 18.6 Å². The Balaban J connectivity index is 0. The fraction of sp³-hybridized carbons (Fsp3) is 0.833. The Kier molecular flexibility index (Phi) is 7.72. The molecule has 0 atom stereocenters. The Bertz CT molecular complexity index is 99.6. The Morgan fingerprint density at radius 1 is 1.40 bits per heavy atom. The topological polar surface area (TPSA) is 81.4 Å². The van der Waals surface area contributed by atoms with Crippen LogP contribution in [0.1, 0.15) is 13.8 Å². The number of hydrogen-bond donors (Lipinski definition) is 3. The average molecular weight is 147 g/mol. The molecule has 0 aliphatic rings. The first-order valence-electron chi connectivity index (χ1n) is 2.79. The molecule has 0 saturated heterocycles. The van der Waals surface area contributed by atoms with Gasteiger partial charge in [-0.25, -0.2) is 10.2 Å². The highest BCUT2D eigenvalue weighted by molar-refractivity contribution is 5.26. The molecule has 0 spiro atoms. The lowest BCUT2D eigenvalue weighted by Gasteiger charge is -2.16. The number of carbonyl (C=O) groups excluding carboxylic acids is 1. The lowest BCUT2D eigenvalue weighted by Crippen LogP contribution is -2.20. The molecule has 0 radical (unpaired) electrons. The van der Waals surface area contributed by atoms with Gasteiger partial charge in [-0.3, -0.25) is 0 Å². The zero-order valence-electron chi connectivity index (χ0n) is 6.22. The minimum atomic E-state index is -0.306. The Hall–Kier alpha value is -0.700. The second-order valence-electron chi connectivity index (χ2n) is 2.58. The van der Waals surface area contributed by atoms with Gasteiger partial charge < -0.3 is 10.2 Å². The van der Waals surface area contributed by atoms with Crippen LogP contribution in [0.5, 0.6) is 0 Å². The van der Waals surface area contributed by atoms with Crippen molar-refractivity contribution in [3.63, 3.8) is 0 Å². The van der Waals surface area contributed by atoms with Gasteiger partial charge in [0.25, 0.3) is 0 Å². The summed E-state index contributed by atoms with van der Waals surface area (Å²) in [5.41, 5.74) is -0.306. The van der Waals surface area contributed by atoms with E-state index in [4.69, 9.17) is 20.4 Å². The maximum Gasteiger partial charge on any atom is 0.231 e. The summed E-state index contributed by atoms with van der Waals surface area (Å²) in [5, 5.41) is 22.3. The molecule has 0 amide bonds. The Labute approximate surface area is 60.0 Å². The molecule has 10 heavy (non-hydrogen) atoms. The summed E-state index contributed by atoms with van der Waals surface area (Å²) in [4.78, 5) is 8.35. The van der Waals surface area contributed by atoms with Crippen LogP contribution in [0.2, 0.25) is 0 Å². The molecule has 0 aliphatic heterocycles. The molecule has 0 aromatic heterocycles.